The predicted octanol–water partition coefficient (Wildman–Crippen LogP) is 0.410. The van der Waals surface area contributed by atoms with E-state index in [9.17, 15) is 5.11 Å². The molecule has 0 amide bonds. The van der Waals surface area contributed by atoms with E-state index < -0.39 is 0 Å². The first kappa shape index (κ1) is 14.5. The lowest BCUT2D eigenvalue weighted by atomic mass is 9.82. The van der Waals surface area contributed by atoms with Crippen molar-refractivity contribution in [3.8, 4) is 0 Å². The Hall–Kier alpha value is 0.460. The van der Waals surface area contributed by atoms with Crippen LogP contribution in [0.2, 0.25) is 0 Å². The van der Waals surface area contributed by atoms with Gasteiger partial charge in [0.1, 0.15) is 0 Å². The molecule has 0 aromatic carbocycles. The van der Waals surface area contributed by atoms with E-state index in [4.69, 9.17) is 0 Å². The van der Waals surface area contributed by atoms with Gasteiger partial charge in [-0.15, -0.1) is 24.8 Å². The summed E-state index contributed by atoms with van der Waals surface area (Å²) < 4.78 is 0. The summed E-state index contributed by atoms with van der Waals surface area (Å²) in [5, 5.41) is 16.4. The molecule has 14 heavy (non-hydrogen) atoms. The lowest BCUT2D eigenvalue weighted by Gasteiger charge is -2.37. The van der Waals surface area contributed by atoms with E-state index in [0.717, 1.165) is 39.0 Å². The van der Waals surface area contributed by atoms with Crippen molar-refractivity contribution in [1.82, 2.24) is 10.6 Å². The summed E-state index contributed by atoms with van der Waals surface area (Å²) in [4.78, 5) is 0. The van der Waals surface area contributed by atoms with Gasteiger partial charge in [-0.25, -0.2) is 0 Å². The third-order valence-corrected chi connectivity index (χ3v) is 3.16. The molecule has 1 unspecified atom stereocenters. The number of piperidine rings is 1. The first-order valence-corrected chi connectivity index (χ1v) is 4.97. The van der Waals surface area contributed by atoms with Crippen LogP contribution in [0.15, 0.2) is 0 Å². The third kappa shape index (κ3) is 3.24. The molecule has 86 valence electrons. The highest BCUT2D eigenvalue weighted by Gasteiger charge is 2.31. The Morgan fingerprint density at radius 3 is 1.93 bits per heavy atom. The van der Waals surface area contributed by atoms with Crippen LogP contribution < -0.4 is 10.6 Å². The van der Waals surface area contributed by atoms with Gasteiger partial charge in [0.25, 0.3) is 0 Å². The first-order chi connectivity index (χ1) is 5.88. The molecule has 0 aliphatic carbocycles. The van der Waals surface area contributed by atoms with E-state index in [1.165, 1.54) is 0 Å². The van der Waals surface area contributed by atoms with E-state index in [1.54, 1.807) is 0 Å². The van der Waals surface area contributed by atoms with Gasteiger partial charge < -0.3 is 15.7 Å². The molecule has 3 N–H and O–H groups in total. The monoisotopic (exact) mass is 242 g/mol. The summed E-state index contributed by atoms with van der Waals surface area (Å²) in [6.45, 7) is 4.21. The Kier molecular flexibility index (Phi) is 7.08. The van der Waals surface area contributed by atoms with Gasteiger partial charge in [-0.05, 0) is 31.8 Å². The normalized spacial score (nSPS) is 25.5. The highest BCUT2D eigenvalue weighted by molar-refractivity contribution is 5.85. The van der Waals surface area contributed by atoms with Crippen molar-refractivity contribution in [2.24, 2.45) is 11.8 Å². The van der Waals surface area contributed by atoms with E-state index in [0.29, 0.717) is 11.8 Å². The summed E-state index contributed by atoms with van der Waals surface area (Å²) in [5.41, 5.74) is 0. The maximum Gasteiger partial charge on any atom is 0.0621 e. The molecule has 0 radical (unpaired) electrons. The van der Waals surface area contributed by atoms with E-state index in [2.05, 4.69) is 10.6 Å². The Labute approximate surface area is 97.8 Å². The van der Waals surface area contributed by atoms with Gasteiger partial charge in [-0.3, -0.25) is 0 Å². The Morgan fingerprint density at radius 1 is 0.929 bits per heavy atom. The minimum atomic E-state index is -0.0478. The van der Waals surface area contributed by atoms with Gasteiger partial charge >= 0.3 is 0 Å². The van der Waals surface area contributed by atoms with Crippen LogP contribution in [0.3, 0.4) is 0 Å². The van der Waals surface area contributed by atoms with Gasteiger partial charge in [0, 0.05) is 19.0 Å². The summed E-state index contributed by atoms with van der Waals surface area (Å²) in [5.74, 6) is 1.09. The molecule has 0 spiro atoms. The van der Waals surface area contributed by atoms with Gasteiger partial charge in [-0.1, -0.05) is 0 Å². The van der Waals surface area contributed by atoms with Crippen molar-refractivity contribution in [3.05, 3.63) is 0 Å². The highest BCUT2D eigenvalue weighted by atomic mass is 35.5. The molecule has 2 fully saturated rings. The third-order valence-electron chi connectivity index (χ3n) is 3.16. The Balaban J connectivity index is 0.000000845. The minimum absolute atomic E-state index is 0. The largest absolute Gasteiger partial charge is 0.392 e. The molecule has 2 rings (SSSR count). The topological polar surface area (TPSA) is 44.3 Å². The van der Waals surface area contributed by atoms with Crippen LogP contribution in [-0.4, -0.2) is 37.4 Å². The van der Waals surface area contributed by atoms with Crippen molar-refractivity contribution in [1.29, 1.82) is 0 Å². The molecule has 2 heterocycles. The van der Waals surface area contributed by atoms with Crippen LogP contribution in [0.1, 0.15) is 12.8 Å². The number of aliphatic hydroxyl groups excluding tert-OH is 1. The smallest absolute Gasteiger partial charge is 0.0621 e. The zero-order valence-electron chi connectivity index (χ0n) is 8.24. The predicted molar refractivity (Wildman–Crippen MR) is 62.5 cm³/mol. The lowest BCUT2D eigenvalue weighted by Crippen LogP contribution is -2.52. The second-order valence-electron chi connectivity index (χ2n) is 4.00. The van der Waals surface area contributed by atoms with Gasteiger partial charge in [0.05, 0.1) is 6.10 Å². The molecule has 3 nitrogen and oxygen atoms in total. The fourth-order valence-electron chi connectivity index (χ4n) is 2.12. The second kappa shape index (κ2) is 6.85. The van der Waals surface area contributed by atoms with Crippen LogP contribution in [0.5, 0.6) is 0 Å². The molecule has 2 aliphatic heterocycles. The van der Waals surface area contributed by atoms with E-state index in [-0.39, 0.29) is 30.9 Å². The molecule has 0 aromatic rings. The van der Waals surface area contributed by atoms with E-state index in [1.807, 2.05) is 0 Å². The number of nitrogens with one attached hydrogen (secondary N) is 2. The molecule has 2 aliphatic rings. The average molecular weight is 243 g/mol. The molecule has 0 bridgehead atoms. The minimum Gasteiger partial charge on any atom is -0.392 e. The quantitative estimate of drug-likeness (QED) is 0.658. The SMILES string of the molecule is Cl.Cl.OC(C1CCNCC1)C1CNC1. The van der Waals surface area contributed by atoms with Gasteiger partial charge in [0.15, 0.2) is 0 Å². The van der Waals surface area contributed by atoms with Crippen molar-refractivity contribution in [2.45, 2.75) is 18.9 Å². The Morgan fingerprint density at radius 2 is 1.50 bits per heavy atom. The molecule has 0 saturated carbocycles. The van der Waals surface area contributed by atoms with Gasteiger partial charge in [-0.2, -0.15) is 0 Å². The molecule has 5 heteroatoms. The molecule has 1 atom stereocenters. The molecular formula is C9H20Cl2N2O. The maximum absolute atomic E-state index is 9.93. The molecule has 0 aromatic heterocycles. The number of aliphatic hydroxyl groups is 1. The van der Waals surface area contributed by atoms with Crippen LogP contribution >= 0.6 is 24.8 Å². The number of halogens is 2. The average Bonchev–Trinajstić information content (AvgIpc) is 2.03. The number of rotatable bonds is 2. The standard InChI is InChI=1S/C9H18N2O.2ClH/c12-9(8-5-11-6-8)7-1-3-10-4-2-7;;/h7-12H,1-6H2;2*1H. The molecular weight excluding hydrogens is 223 g/mol. The van der Waals surface area contributed by atoms with Gasteiger partial charge in [0.2, 0.25) is 0 Å². The summed E-state index contributed by atoms with van der Waals surface area (Å²) >= 11 is 0. The summed E-state index contributed by atoms with van der Waals surface area (Å²) in [6, 6.07) is 0. The number of hydrogen-bond acceptors (Lipinski definition) is 3. The highest BCUT2D eigenvalue weighted by Crippen LogP contribution is 2.23. The summed E-state index contributed by atoms with van der Waals surface area (Å²) in [6.07, 6.45) is 2.25. The zero-order chi connectivity index (χ0) is 8.39. The Bertz CT molecular complexity index is 150. The maximum atomic E-state index is 9.93. The van der Waals surface area contributed by atoms with Crippen LogP contribution in [0.25, 0.3) is 0 Å². The van der Waals surface area contributed by atoms with Crippen molar-refractivity contribution in [2.75, 3.05) is 26.2 Å². The molecule has 2 saturated heterocycles. The lowest BCUT2D eigenvalue weighted by molar-refractivity contribution is 0.0153. The fourth-order valence-corrected chi connectivity index (χ4v) is 2.12. The zero-order valence-corrected chi connectivity index (χ0v) is 9.87. The van der Waals surface area contributed by atoms with Crippen LogP contribution in [-0.2, 0) is 0 Å². The van der Waals surface area contributed by atoms with Crippen LogP contribution in [0.4, 0.5) is 0 Å². The van der Waals surface area contributed by atoms with Crippen molar-refractivity contribution >= 4 is 24.8 Å². The van der Waals surface area contributed by atoms with E-state index >= 15 is 0 Å². The van der Waals surface area contributed by atoms with Crippen molar-refractivity contribution < 1.29 is 5.11 Å². The van der Waals surface area contributed by atoms with Crippen molar-refractivity contribution in [3.63, 3.8) is 0 Å². The first-order valence-electron chi connectivity index (χ1n) is 4.97. The van der Waals surface area contributed by atoms with Crippen LogP contribution in [0, 0.1) is 11.8 Å². The summed E-state index contributed by atoms with van der Waals surface area (Å²) in [7, 11) is 0. The second-order valence-corrected chi connectivity index (χ2v) is 4.00. The number of hydrogen-bond donors (Lipinski definition) is 3. The fraction of sp³-hybridized carbons (Fsp3) is 1.00.